The quantitative estimate of drug-likeness (QED) is 0.740. The van der Waals surface area contributed by atoms with E-state index in [-0.39, 0.29) is 0 Å². The normalized spacial score (nSPS) is 17.4. The van der Waals surface area contributed by atoms with Crippen molar-refractivity contribution in [2.45, 2.75) is 38.2 Å². The van der Waals surface area contributed by atoms with Gasteiger partial charge in [0.25, 0.3) is 0 Å². The Kier molecular flexibility index (Phi) is 4.42. The van der Waals surface area contributed by atoms with E-state index in [4.69, 9.17) is 16.3 Å². The van der Waals surface area contributed by atoms with Crippen LogP contribution in [0, 0.1) is 5.92 Å². The van der Waals surface area contributed by atoms with E-state index in [0.29, 0.717) is 12.5 Å². The lowest BCUT2D eigenvalue weighted by Crippen LogP contribution is -2.05. The van der Waals surface area contributed by atoms with Crippen molar-refractivity contribution in [1.82, 2.24) is 4.98 Å². The molecule has 0 spiro atoms. The van der Waals surface area contributed by atoms with E-state index >= 15 is 0 Å². The average molecular weight is 246 g/mol. The van der Waals surface area contributed by atoms with Crippen LogP contribution in [-0.2, 0) is 17.2 Å². The van der Waals surface area contributed by atoms with Crippen LogP contribution in [0.3, 0.4) is 0 Å². The monoisotopic (exact) mass is 245 g/mol. The Morgan fingerprint density at radius 1 is 1.47 bits per heavy atom. The van der Waals surface area contributed by atoms with Crippen molar-refractivity contribution >= 4 is 22.9 Å². The molecular weight excluding hydrogens is 230 g/mol. The third-order valence-electron chi connectivity index (χ3n) is 2.79. The molecule has 0 N–H and O–H groups in total. The molecule has 0 unspecified atom stereocenters. The summed E-state index contributed by atoms with van der Waals surface area (Å²) in [5.74, 6) is 1.29. The molecule has 1 saturated carbocycles. The van der Waals surface area contributed by atoms with E-state index in [1.807, 2.05) is 5.38 Å². The van der Waals surface area contributed by atoms with Crippen molar-refractivity contribution in [3.63, 3.8) is 0 Å². The second-order valence-electron chi connectivity index (χ2n) is 4.03. The van der Waals surface area contributed by atoms with Crippen LogP contribution >= 0.6 is 22.9 Å². The van der Waals surface area contributed by atoms with Gasteiger partial charge in [-0.2, -0.15) is 0 Å². The molecule has 1 aliphatic carbocycles. The number of rotatable bonds is 5. The number of halogens is 1. The summed E-state index contributed by atoms with van der Waals surface area (Å²) in [6.45, 7) is 1.55. The molecule has 0 saturated heterocycles. The number of hydrogen-bond acceptors (Lipinski definition) is 3. The summed E-state index contributed by atoms with van der Waals surface area (Å²) in [6, 6.07) is 0. The zero-order valence-corrected chi connectivity index (χ0v) is 10.3. The fourth-order valence-electron chi connectivity index (χ4n) is 1.97. The highest BCUT2D eigenvalue weighted by molar-refractivity contribution is 7.09. The maximum atomic E-state index is 5.68. The fourth-order valence-corrected chi connectivity index (χ4v) is 2.92. The highest BCUT2D eigenvalue weighted by Crippen LogP contribution is 2.25. The minimum absolute atomic E-state index is 0.499. The first-order chi connectivity index (χ1) is 7.38. The molecule has 0 radical (unpaired) electrons. The molecule has 1 heterocycles. The predicted octanol–water partition coefficient (Wildman–Crippen LogP) is 3.59. The summed E-state index contributed by atoms with van der Waals surface area (Å²) in [5, 5.41) is 3.05. The second kappa shape index (κ2) is 5.83. The van der Waals surface area contributed by atoms with Gasteiger partial charge in [0.1, 0.15) is 5.01 Å². The molecule has 0 aromatic carbocycles. The smallest absolute Gasteiger partial charge is 0.119 e. The average Bonchev–Trinajstić information content (AvgIpc) is 2.88. The summed E-state index contributed by atoms with van der Waals surface area (Å²) in [4.78, 5) is 4.35. The van der Waals surface area contributed by atoms with Crippen LogP contribution in [0.4, 0.5) is 0 Å². The topological polar surface area (TPSA) is 22.1 Å². The summed E-state index contributed by atoms with van der Waals surface area (Å²) in [6.07, 6.45) is 5.43. The first-order valence-corrected chi connectivity index (χ1v) is 6.87. The Morgan fingerprint density at radius 3 is 2.93 bits per heavy atom. The molecule has 0 aliphatic heterocycles. The molecule has 84 valence electrons. The maximum Gasteiger partial charge on any atom is 0.119 e. The Hall–Kier alpha value is -0.120. The predicted molar refractivity (Wildman–Crippen MR) is 63.3 cm³/mol. The third-order valence-corrected chi connectivity index (χ3v) is 3.94. The molecule has 1 aromatic rings. The van der Waals surface area contributed by atoms with Gasteiger partial charge in [0.2, 0.25) is 0 Å². The first kappa shape index (κ1) is 11.4. The van der Waals surface area contributed by atoms with Gasteiger partial charge in [0.05, 0.1) is 18.2 Å². The van der Waals surface area contributed by atoms with E-state index < -0.39 is 0 Å². The van der Waals surface area contributed by atoms with Crippen LogP contribution in [0.2, 0.25) is 0 Å². The molecule has 15 heavy (non-hydrogen) atoms. The largest absolute Gasteiger partial charge is 0.374 e. The Balaban J connectivity index is 1.68. The summed E-state index contributed by atoms with van der Waals surface area (Å²) in [5.41, 5.74) is 0.959. The number of hydrogen-bond donors (Lipinski definition) is 0. The lowest BCUT2D eigenvalue weighted by Gasteiger charge is -2.08. The zero-order chi connectivity index (χ0) is 10.5. The summed E-state index contributed by atoms with van der Waals surface area (Å²) < 4.78 is 5.67. The van der Waals surface area contributed by atoms with Gasteiger partial charge in [-0.1, -0.05) is 12.8 Å². The molecule has 0 amide bonds. The maximum absolute atomic E-state index is 5.68. The van der Waals surface area contributed by atoms with Gasteiger partial charge in [-0.15, -0.1) is 22.9 Å². The summed E-state index contributed by atoms with van der Waals surface area (Å²) >= 11 is 7.32. The lowest BCUT2D eigenvalue weighted by atomic mass is 10.1. The minimum atomic E-state index is 0.499. The molecule has 1 aromatic heterocycles. The zero-order valence-electron chi connectivity index (χ0n) is 8.75. The van der Waals surface area contributed by atoms with Crippen LogP contribution in [0.15, 0.2) is 5.38 Å². The fraction of sp³-hybridized carbons (Fsp3) is 0.727. The molecular formula is C11H16ClNOS. The SMILES string of the molecule is ClCc1csc(COCC2CCCC2)n1. The van der Waals surface area contributed by atoms with Crippen molar-refractivity contribution in [3.05, 3.63) is 16.1 Å². The standard InChI is InChI=1S/C11H16ClNOS/c12-5-10-8-15-11(13-10)7-14-6-9-3-1-2-4-9/h8-9H,1-7H2. The molecule has 2 nitrogen and oxygen atoms in total. The van der Waals surface area contributed by atoms with E-state index in [2.05, 4.69) is 4.98 Å². The Bertz CT molecular complexity index is 297. The van der Waals surface area contributed by atoms with E-state index in [1.54, 1.807) is 11.3 Å². The number of thiazole rings is 1. The van der Waals surface area contributed by atoms with Gasteiger partial charge in [0, 0.05) is 12.0 Å². The molecule has 2 rings (SSSR count). The highest BCUT2D eigenvalue weighted by atomic mass is 35.5. The number of ether oxygens (including phenoxy) is 1. The van der Waals surface area contributed by atoms with Gasteiger partial charge in [-0.05, 0) is 18.8 Å². The lowest BCUT2D eigenvalue weighted by molar-refractivity contribution is 0.0887. The van der Waals surface area contributed by atoms with Gasteiger partial charge in [-0.3, -0.25) is 0 Å². The molecule has 0 bridgehead atoms. The van der Waals surface area contributed by atoms with Crippen molar-refractivity contribution < 1.29 is 4.74 Å². The van der Waals surface area contributed by atoms with Crippen LogP contribution in [0.25, 0.3) is 0 Å². The van der Waals surface area contributed by atoms with Gasteiger partial charge in [0.15, 0.2) is 0 Å². The highest BCUT2D eigenvalue weighted by Gasteiger charge is 2.14. The Morgan fingerprint density at radius 2 is 2.27 bits per heavy atom. The molecule has 1 fully saturated rings. The van der Waals surface area contributed by atoms with E-state index in [0.717, 1.165) is 23.2 Å². The Labute approximate surface area is 99.6 Å². The van der Waals surface area contributed by atoms with Gasteiger partial charge in [-0.25, -0.2) is 4.98 Å². The van der Waals surface area contributed by atoms with E-state index in [9.17, 15) is 0 Å². The number of alkyl halides is 1. The van der Waals surface area contributed by atoms with Gasteiger partial charge >= 0.3 is 0 Å². The molecule has 4 heteroatoms. The summed E-state index contributed by atoms with van der Waals surface area (Å²) in [7, 11) is 0. The first-order valence-electron chi connectivity index (χ1n) is 5.45. The molecule has 1 aliphatic rings. The van der Waals surface area contributed by atoms with Crippen molar-refractivity contribution in [2.24, 2.45) is 5.92 Å². The van der Waals surface area contributed by atoms with Crippen LogP contribution < -0.4 is 0 Å². The van der Waals surface area contributed by atoms with Crippen molar-refractivity contribution in [2.75, 3.05) is 6.61 Å². The molecule has 0 atom stereocenters. The number of nitrogens with zero attached hydrogens (tertiary/aromatic N) is 1. The van der Waals surface area contributed by atoms with Crippen LogP contribution in [0.1, 0.15) is 36.4 Å². The van der Waals surface area contributed by atoms with Crippen LogP contribution in [0.5, 0.6) is 0 Å². The number of aromatic nitrogens is 1. The van der Waals surface area contributed by atoms with Crippen molar-refractivity contribution in [3.8, 4) is 0 Å². The minimum Gasteiger partial charge on any atom is -0.374 e. The van der Waals surface area contributed by atoms with Gasteiger partial charge < -0.3 is 4.74 Å². The third kappa shape index (κ3) is 3.44. The van der Waals surface area contributed by atoms with Crippen LogP contribution in [-0.4, -0.2) is 11.6 Å². The second-order valence-corrected chi connectivity index (χ2v) is 5.24. The van der Waals surface area contributed by atoms with E-state index in [1.165, 1.54) is 25.7 Å². The van der Waals surface area contributed by atoms with Crippen molar-refractivity contribution in [1.29, 1.82) is 0 Å².